The van der Waals surface area contributed by atoms with Crippen LogP contribution in [0.4, 0.5) is 0 Å². The summed E-state index contributed by atoms with van der Waals surface area (Å²) >= 11 is 0. The van der Waals surface area contributed by atoms with Crippen LogP contribution in [0.3, 0.4) is 0 Å². The maximum absolute atomic E-state index is 12.2. The van der Waals surface area contributed by atoms with Gasteiger partial charge in [0.15, 0.2) is 0 Å². The number of hydrogen-bond donors (Lipinski definition) is 1. The predicted molar refractivity (Wildman–Crippen MR) is 75.3 cm³/mol. The normalized spacial score (nSPS) is 19.9. The molecule has 4 nitrogen and oxygen atoms in total. The highest BCUT2D eigenvalue weighted by atomic mass is 16.2. The number of nitrogens with zero attached hydrogens (tertiary/aromatic N) is 2. The Morgan fingerprint density at radius 1 is 1.22 bits per heavy atom. The highest BCUT2D eigenvalue weighted by Crippen LogP contribution is 2.28. The second-order valence-electron chi connectivity index (χ2n) is 6.48. The Morgan fingerprint density at radius 2 is 1.78 bits per heavy atom. The lowest BCUT2D eigenvalue weighted by Crippen LogP contribution is -2.50. The summed E-state index contributed by atoms with van der Waals surface area (Å²) in [6.07, 6.45) is 0.667. The van der Waals surface area contributed by atoms with Gasteiger partial charge in [0.2, 0.25) is 5.91 Å². The second kappa shape index (κ2) is 6.53. The first-order valence-electron chi connectivity index (χ1n) is 7.04. The van der Waals surface area contributed by atoms with Gasteiger partial charge in [-0.3, -0.25) is 9.69 Å². The van der Waals surface area contributed by atoms with Crippen molar-refractivity contribution in [2.24, 2.45) is 17.1 Å². The summed E-state index contributed by atoms with van der Waals surface area (Å²) in [6.45, 7) is 14.1. The van der Waals surface area contributed by atoms with Gasteiger partial charge in [-0.15, -0.1) is 0 Å². The zero-order valence-corrected chi connectivity index (χ0v) is 12.4. The Morgan fingerprint density at radius 3 is 2.22 bits per heavy atom. The highest BCUT2D eigenvalue weighted by Gasteiger charge is 2.26. The molecule has 1 heterocycles. The number of piperazine rings is 1. The molecule has 1 fully saturated rings. The van der Waals surface area contributed by atoms with Crippen molar-refractivity contribution in [1.82, 2.24) is 9.80 Å². The van der Waals surface area contributed by atoms with E-state index in [1.54, 1.807) is 0 Å². The lowest BCUT2D eigenvalue weighted by atomic mass is 9.80. The molecule has 0 aromatic carbocycles. The summed E-state index contributed by atoms with van der Waals surface area (Å²) in [5.74, 6) is 0.733. The Balaban J connectivity index is 2.36. The monoisotopic (exact) mass is 255 g/mol. The number of hydrogen-bond acceptors (Lipinski definition) is 3. The van der Waals surface area contributed by atoms with Crippen LogP contribution >= 0.6 is 0 Å². The fourth-order valence-electron chi connectivity index (χ4n) is 2.10. The summed E-state index contributed by atoms with van der Waals surface area (Å²) in [4.78, 5) is 16.5. The van der Waals surface area contributed by atoms with Crippen molar-refractivity contribution in [2.45, 2.75) is 34.1 Å². The molecular formula is C14H29N3O. The van der Waals surface area contributed by atoms with E-state index in [0.29, 0.717) is 24.8 Å². The molecule has 1 amide bonds. The average Bonchev–Trinajstić information content (AvgIpc) is 2.29. The van der Waals surface area contributed by atoms with Crippen molar-refractivity contribution < 1.29 is 4.79 Å². The molecule has 0 spiro atoms. The quantitative estimate of drug-likeness (QED) is 0.820. The van der Waals surface area contributed by atoms with E-state index < -0.39 is 0 Å². The Kier molecular flexibility index (Phi) is 5.60. The zero-order chi connectivity index (χ0) is 13.8. The molecule has 18 heavy (non-hydrogen) atoms. The van der Waals surface area contributed by atoms with Crippen LogP contribution in [-0.4, -0.2) is 55.0 Å². The van der Waals surface area contributed by atoms with Crippen molar-refractivity contribution in [1.29, 1.82) is 0 Å². The standard InChI is InChI=1S/C14H29N3O/c1-12(14(2,3)4)11-13(18)17-9-7-16(6-5-15)8-10-17/h12H,5-11,15H2,1-4H3. The van der Waals surface area contributed by atoms with E-state index in [4.69, 9.17) is 5.73 Å². The molecule has 1 rings (SSSR count). The first kappa shape index (κ1) is 15.4. The number of rotatable bonds is 4. The van der Waals surface area contributed by atoms with E-state index in [2.05, 4.69) is 32.6 Å². The van der Waals surface area contributed by atoms with Crippen LogP contribution in [0.25, 0.3) is 0 Å². The Labute approximate surface area is 111 Å². The van der Waals surface area contributed by atoms with Gasteiger partial charge in [0.1, 0.15) is 0 Å². The predicted octanol–water partition coefficient (Wildman–Crippen LogP) is 1.16. The molecule has 1 unspecified atom stereocenters. The topological polar surface area (TPSA) is 49.6 Å². The smallest absolute Gasteiger partial charge is 0.222 e. The minimum absolute atomic E-state index is 0.205. The summed E-state index contributed by atoms with van der Waals surface area (Å²) in [5, 5.41) is 0. The summed E-state index contributed by atoms with van der Waals surface area (Å²) in [5.41, 5.74) is 5.75. The van der Waals surface area contributed by atoms with Crippen LogP contribution in [-0.2, 0) is 4.79 Å². The van der Waals surface area contributed by atoms with Gasteiger partial charge in [0.25, 0.3) is 0 Å². The van der Waals surface area contributed by atoms with Crippen LogP contribution in [0, 0.1) is 11.3 Å². The first-order valence-corrected chi connectivity index (χ1v) is 7.04. The molecule has 1 atom stereocenters. The van der Waals surface area contributed by atoms with Crippen molar-refractivity contribution in [3.63, 3.8) is 0 Å². The fraction of sp³-hybridized carbons (Fsp3) is 0.929. The van der Waals surface area contributed by atoms with Gasteiger partial charge in [0, 0.05) is 45.7 Å². The van der Waals surface area contributed by atoms with Gasteiger partial charge in [-0.25, -0.2) is 0 Å². The molecule has 1 saturated heterocycles. The van der Waals surface area contributed by atoms with Gasteiger partial charge >= 0.3 is 0 Å². The lowest BCUT2D eigenvalue weighted by molar-refractivity contribution is -0.134. The molecule has 2 N–H and O–H groups in total. The third-order valence-electron chi connectivity index (χ3n) is 4.13. The summed E-state index contributed by atoms with van der Waals surface area (Å²) < 4.78 is 0. The van der Waals surface area contributed by atoms with Crippen LogP contribution in [0.1, 0.15) is 34.1 Å². The third-order valence-corrected chi connectivity index (χ3v) is 4.13. The van der Waals surface area contributed by atoms with Crippen LogP contribution < -0.4 is 5.73 Å². The number of carbonyl (C=O) groups is 1. The molecule has 0 aromatic heterocycles. The molecular weight excluding hydrogens is 226 g/mol. The molecule has 0 aromatic rings. The van der Waals surface area contributed by atoms with E-state index in [9.17, 15) is 4.79 Å². The van der Waals surface area contributed by atoms with Crippen molar-refractivity contribution in [2.75, 3.05) is 39.3 Å². The maximum atomic E-state index is 12.2. The Hall–Kier alpha value is -0.610. The number of amides is 1. The molecule has 0 radical (unpaired) electrons. The van der Waals surface area contributed by atoms with Crippen LogP contribution in [0.5, 0.6) is 0 Å². The molecule has 1 aliphatic rings. The van der Waals surface area contributed by atoms with Crippen molar-refractivity contribution in [3.8, 4) is 0 Å². The van der Waals surface area contributed by atoms with Gasteiger partial charge in [-0.1, -0.05) is 27.7 Å². The number of carbonyl (C=O) groups excluding carboxylic acids is 1. The van der Waals surface area contributed by atoms with E-state index in [1.165, 1.54) is 0 Å². The largest absolute Gasteiger partial charge is 0.340 e. The number of nitrogens with two attached hydrogens (primary N) is 1. The molecule has 4 heteroatoms. The third kappa shape index (κ3) is 4.58. The average molecular weight is 255 g/mol. The highest BCUT2D eigenvalue weighted by molar-refractivity contribution is 5.76. The zero-order valence-electron chi connectivity index (χ0n) is 12.4. The molecule has 0 saturated carbocycles. The van der Waals surface area contributed by atoms with Gasteiger partial charge in [-0.2, -0.15) is 0 Å². The molecule has 0 bridgehead atoms. The van der Waals surface area contributed by atoms with E-state index in [0.717, 1.165) is 32.7 Å². The Bertz CT molecular complexity index is 265. The van der Waals surface area contributed by atoms with Gasteiger partial charge in [0.05, 0.1) is 0 Å². The minimum atomic E-state index is 0.205. The van der Waals surface area contributed by atoms with Gasteiger partial charge < -0.3 is 10.6 Å². The van der Waals surface area contributed by atoms with Crippen molar-refractivity contribution >= 4 is 5.91 Å². The molecule has 1 aliphatic heterocycles. The van der Waals surface area contributed by atoms with Crippen molar-refractivity contribution in [3.05, 3.63) is 0 Å². The van der Waals surface area contributed by atoms with E-state index in [1.807, 2.05) is 4.90 Å². The maximum Gasteiger partial charge on any atom is 0.222 e. The first-order chi connectivity index (χ1) is 8.34. The van der Waals surface area contributed by atoms with Crippen LogP contribution in [0.15, 0.2) is 0 Å². The minimum Gasteiger partial charge on any atom is -0.340 e. The lowest BCUT2D eigenvalue weighted by Gasteiger charge is -2.36. The van der Waals surface area contributed by atoms with Crippen LogP contribution in [0.2, 0.25) is 0 Å². The second-order valence-corrected chi connectivity index (χ2v) is 6.48. The SMILES string of the molecule is CC(CC(=O)N1CCN(CCN)CC1)C(C)(C)C. The molecule has 106 valence electrons. The summed E-state index contributed by atoms with van der Waals surface area (Å²) in [7, 11) is 0. The summed E-state index contributed by atoms with van der Waals surface area (Å²) in [6, 6.07) is 0. The molecule has 0 aliphatic carbocycles. The van der Waals surface area contributed by atoms with Gasteiger partial charge in [-0.05, 0) is 11.3 Å². The van der Waals surface area contributed by atoms with E-state index in [-0.39, 0.29) is 5.41 Å². The van der Waals surface area contributed by atoms with E-state index >= 15 is 0 Å². The fourth-order valence-corrected chi connectivity index (χ4v) is 2.10.